The molecule has 106 valence electrons. The van der Waals surface area contributed by atoms with Crippen LogP contribution in [0.25, 0.3) is 0 Å². The molecule has 0 aliphatic rings. The second-order valence-electron chi connectivity index (χ2n) is 5.58. The summed E-state index contributed by atoms with van der Waals surface area (Å²) in [6.07, 6.45) is -0.353. The third-order valence-electron chi connectivity index (χ3n) is 3.28. The molecule has 1 aromatic rings. The van der Waals surface area contributed by atoms with E-state index in [1.807, 2.05) is 19.1 Å². The van der Waals surface area contributed by atoms with Crippen molar-refractivity contribution in [1.82, 2.24) is 0 Å². The van der Waals surface area contributed by atoms with E-state index in [0.717, 1.165) is 12.1 Å². The van der Waals surface area contributed by atoms with Gasteiger partial charge in [-0.15, -0.1) is 0 Å². The van der Waals surface area contributed by atoms with Crippen molar-refractivity contribution < 1.29 is 9.90 Å². The summed E-state index contributed by atoms with van der Waals surface area (Å²) in [4.78, 5) is 12.6. The van der Waals surface area contributed by atoms with Crippen molar-refractivity contribution in [2.45, 2.75) is 52.9 Å². The minimum atomic E-state index is -1.13. The zero-order valence-electron chi connectivity index (χ0n) is 12.6. The number of nitrogens with zero attached hydrogens (tertiary/aromatic N) is 1. The van der Waals surface area contributed by atoms with Crippen LogP contribution >= 0.6 is 0 Å². The highest BCUT2D eigenvalue weighted by Crippen LogP contribution is 2.28. The maximum atomic E-state index is 11.3. The fraction of sp³-hybridized carbons (Fsp3) is 0.562. The van der Waals surface area contributed by atoms with Crippen molar-refractivity contribution in [1.29, 1.82) is 0 Å². The molecular formula is C16H24NO2-. The molecule has 0 spiro atoms. The van der Waals surface area contributed by atoms with Gasteiger partial charge in [0.15, 0.2) is 0 Å². The van der Waals surface area contributed by atoms with Crippen LogP contribution < -0.4 is 10.0 Å². The number of carbonyl (C=O) groups excluding carboxylic acids is 1. The minimum Gasteiger partial charge on any atom is -0.530 e. The van der Waals surface area contributed by atoms with Gasteiger partial charge in [-0.1, -0.05) is 40.7 Å². The monoisotopic (exact) mass is 262 g/mol. The van der Waals surface area contributed by atoms with Gasteiger partial charge in [0.05, 0.1) is 0 Å². The molecule has 0 atom stereocenters. The van der Waals surface area contributed by atoms with Crippen LogP contribution in [0.1, 0.15) is 64.0 Å². The molecule has 0 fully saturated rings. The molecule has 1 rings (SSSR count). The van der Waals surface area contributed by atoms with Crippen molar-refractivity contribution in [2.24, 2.45) is 0 Å². The average Bonchev–Trinajstić information content (AvgIpc) is 2.34. The molecule has 0 aromatic heterocycles. The number of benzene rings is 1. The average molecular weight is 262 g/mol. The minimum absolute atomic E-state index is 0.377. The van der Waals surface area contributed by atoms with E-state index in [9.17, 15) is 9.90 Å². The predicted octanol–water partition coefficient (Wildman–Crippen LogP) is 3.49. The Balaban J connectivity index is 3.27. The van der Waals surface area contributed by atoms with Crippen LogP contribution in [0.2, 0.25) is 0 Å². The summed E-state index contributed by atoms with van der Waals surface area (Å²) < 4.78 is 0. The first-order valence-electron chi connectivity index (χ1n) is 7.00. The number of carboxylic acid groups (broad SMARTS) is 1. The van der Waals surface area contributed by atoms with Crippen LogP contribution in [0.3, 0.4) is 0 Å². The number of carbonyl (C=O) groups is 1. The fourth-order valence-electron chi connectivity index (χ4n) is 2.03. The van der Waals surface area contributed by atoms with Crippen LogP contribution in [0.5, 0.6) is 0 Å². The molecule has 0 saturated carbocycles. The van der Waals surface area contributed by atoms with Crippen LogP contribution in [0, 0.1) is 0 Å². The van der Waals surface area contributed by atoms with E-state index in [0.29, 0.717) is 18.4 Å². The maximum Gasteiger partial charge on any atom is 0.141 e. The molecule has 0 N–H and O–H groups in total. The summed E-state index contributed by atoms with van der Waals surface area (Å²) in [5.74, 6) is 0.755. The lowest BCUT2D eigenvalue weighted by atomic mass is 9.94. The van der Waals surface area contributed by atoms with E-state index in [1.54, 1.807) is 0 Å². The van der Waals surface area contributed by atoms with Gasteiger partial charge in [0.1, 0.15) is 6.09 Å². The molecule has 0 saturated heterocycles. The van der Waals surface area contributed by atoms with E-state index in [4.69, 9.17) is 0 Å². The summed E-state index contributed by atoms with van der Waals surface area (Å²) in [5, 5.41) is 11.3. The van der Waals surface area contributed by atoms with Crippen molar-refractivity contribution in [3.8, 4) is 0 Å². The Kier molecular flexibility index (Phi) is 5.40. The Morgan fingerprint density at radius 3 is 1.89 bits per heavy atom. The predicted molar refractivity (Wildman–Crippen MR) is 77.7 cm³/mol. The third-order valence-corrected chi connectivity index (χ3v) is 3.28. The van der Waals surface area contributed by atoms with Gasteiger partial charge in [-0.05, 0) is 41.5 Å². The maximum absolute atomic E-state index is 11.3. The second-order valence-corrected chi connectivity index (χ2v) is 5.58. The summed E-state index contributed by atoms with van der Waals surface area (Å²) >= 11 is 0. The highest BCUT2D eigenvalue weighted by molar-refractivity contribution is 5.84. The number of amides is 1. The van der Waals surface area contributed by atoms with E-state index in [1.165, 1.54) is 16.0 Å². The lowest BCUT2D eigenvalue weighted by Gasteiger charge is -2.27. The van der Waals surface area contributed by atoms with Gasteiger partial charge in [0.25, 0.3) is 0 Å². The van der Waals surface area contributed by atoms with E-state index < -0.39 is 6.09 Å². The topological polar surface area (TPSA) is 43.4 Å². The second kappa shape index (κ2) is 6.60. The Labute approximate surface area is 116 Å². The summed E-state index contributed by atoms with van der Waals surface area (Å²) in [6.45, 7) is 10.9. The molecule has 0 unspecified atom stereocenters. The molecule has 0 heterocycles. The van der Waals surface area contributed by atoms with Crippen LogP contribution in [-0.4, -0.2) is 12.6 Å². The quantitative estimate of drug-likeness (QED) is 0.815. The molecule has 0 aliphatic carbocycles. The molecule has 19 heavy (non-hydrogen) atoms. The standard InChI is InChI=1S/C16H25NO2/c1-6-7-17(16(18)19)15-9-13(11(2)3)8-14(10-15)12(4)5/h8-12H,6-7H2,1-5H3,(H,18,19)/p-1. The number of anilines is 1. The Morgan fingerprint density at radius 2 is 1.58 bits per heavy atom. The van der Waals surface area contributed by atoms with E-state index >= 15 is 0 Å². The summed E-state index contributed by atoms with van der Waals surface area (Å²) in [5.41, 5.74) is 3.07. The molecule has 0 bridgehead atoms. The SMILES string of the molecule is CCCN(C(=O)[O-])c1cc(C(C)C)cc(C(C)C)c1. The molecule has 1 aromatic carbocycles. The van der Waals surface area contributed by atoms with Gasteiger partial charge >= 0.3 is 0 Å². The smallest absolute Gasteiger partial charge is 0.141 e. The van der Waals surface area contributed by atoms with Crippen LogP contribution in [0.15, 0.2) is 18.2 Å². The highest BCUT2D eigenvalue weighted by atomic mass is 16.4. The first-order valence-corrected chi connectivity index (χ1v) is 7.00. The van der Waals surface area contributed by atoms with Crippen molar-refractivity contribution in [3.05, 3.63) is 29.3 Å². The largest absolute Gasteiger partial charge is 0.530 e. The summed E-state index contributed by atoms with van der Waals surface area (Å²) in [6, 6.07) is 6.09. The molecule has 0 radical (unpaired) electrons. The lowest BCUT2D eigenvalue weighted by molar-refractivity contribution is -0.246. The van der Waals surface area contributed by atoms with E-state index in [-0.39, 0.29) is 0 Å². The Hall–Kier alpha value is -1.51. The number of hydrogen-bond acceptors (Lipinski definition) is 2. The molecule has 3 heteroatoms. The molecule has 3 nitrogen and oxygen atoms in total. The van der Waals surface area contributed by atoms with Crippen LogP contribution in [-0.2, 0) is 0 Å². The first kappa shape index (κ1) is 15.5. The van der Waals surface area contributed by atoms with E-state index in [2.05, 4.69) is 33.8 Å². The summed E-state index contributed by atoms with van der Waals surface area (Å²) in [7, 11) is 0. The lowest BCUT2D eigenvalue weighted by Crippen LogP contribution is -2.41. The van der Waals surface area contributed by atoms with Crippen molar-refractivity contribution in [2.75, 3.05) is 11.4 Å². The van der Waals surface area contributed by atoms with Gasteiger partial charge in [-0.25, -0.2) is 0 Å². The normalized spacial score (nSPS) is 11.1. The molecule has 1 amide bonds. The molecular weight excluding hydrogens is 238 g/mol. The highest BCUT2D eigenvalue weighted by Gasteiger charge is 2.12. The Morgan fingerprint density at radius 1 is 1.11 bits per heavy atom. The first-order chi connectivity index (χ1) is 8.86. The fourth-order valence-corrected chi connectivity index (χ4v) is 2.03. The number of hydrogen-bond donors (Lipinski definition) is 0. The van der Waals surface area contributed by atoms with Gasteiger partial charge in [-0.2, -0.15) is 0 Å². The van der Waals surface area contributed by atoms with Gasteiger partial charge in [0, 0.05) is 12.2 Å². The van der Waals surface area contributed by atoms with Gasteiger partial charge < -0.3 is 14.8 Å². The van der Waals surface area contributed by atoms with Gasteiger partial charge in [-0.3, -0.25) is 0 Å². The van der Waals surface area contributed by atoms with Gasteiger partial charge in [0.2, 0.25) is 0 Å². The third kappa shape index (κ3) is 3.98. The Bertz CT molecular complexity index is 412. The zero-order valence-corrected chi connectivity index (χ0v) is 12.6. The number of rotatable bonds is 5. The zero-order chi connectivity index (χ0) is 14.6. The van der Waals surface area contributed by atoms with Crippen molar-refractivity contribution in [3.63, 3.8) is 0 Å². The van der Waals surface area contributed by atoms with Crippen molar-refractivity contribution >= 4 is 11.8 Å². The van der Waals surface area contributed by atoms with Crippen LogP contribution in [0.4, 0.5) is 10.5 Å². The molecule has 0 aliphatic heterocycles.